The maximum Gasteiger partial charge on any atom is 0.170 e. The van der Waals surface area contributed by atoms with Gasteiger partial charge in [0.25, 0.3) is 0 Å². The summed E-state index contributed by atoms with van der Waals surface area (Å²) >= 11 is 0. The van der Waals surface area contributed by atoms with Gasteiger partial charge in [0.1, 0.15) is 11.6 Å². The molecule has 0 radical (unpaired) electrons. The number of nitrogens with zero attached hydrogens (tertiary/aromatic N) is 3. The third-order valence-corrected chi connectivity index (χ3v) is 5.34. The Labute approximate surface area is 146 Å². The molecule has 0 unspecified atom stereocenters. The topological polar surface area (TPSA) is 49.2 Å². The molecule has 25 heavy (non-hydrogen) atoms. The Morgan fingerprint density at radius 2 is 1.80 bits per heavy atom. The maximum atomic E-state index is 5.88. The smallest absolute Gasteiger partial charge is 0.170 e. The van der Waals surface area contributed by atoms with E-state index in [1.807, 2.05) is 0 Å². The molecule has 3 heterocycles. The summed E-state index contributed by atoms with van der Waals surface area (Å²) in [4.78, 5) is 0. The molecule has 2 aliphatic rings. The van der Waals surface area contributed by atoms with Crippen molar-refractivity contribution in [2.45, 2.75) is 38.0 Å². The number of benzene rings is 2. The number of aromatic nitrogens is 3. The fourth-order valence-electron chi connectivity index (χ4n) is 3.97. The number of fused-ring (bicyclic) bond motifs is 2. The molecule has 0 amide bonds. The van der Waals surface area contributed by atoms with E-state index in [1.165, 1.54) is 16.3 Å². The minimum absolute atomic E-state index is 0.402. The van der Waals surface area contributed by atoms with Gasteiger partial charge < -0.3 is 14.0 Å². The quantitative estimate of drug-likeness (QED) is 0.722. The Hall–Kier alpha value is -2.24. The summed E-state index contributed by atoms with van der Waals surface area (Å²) in [5.41, 5.74) is 1.27. The van der Waals surface area contributed by atoms with Crippen molar-refractivity contribution in [3.63, 3.8) is 0 Å². The van der Waals surface area contributed by atoms with Crippen molar-refractivity contribution in [1.29, 1.82) is 0 Å². The van der Waals surface area contributed by atoms with Crippen molar-refractivity contribution >= 4 is 10.8 Å². The van der Waals surface area contributed by atoms with Gasteiger partial charge in [-0.25, -0.2) is 0 Å². The molecule has 0 atom stereocenters. The van der Waals surface area contributed by atoms with E-state index in [4.69, 9.17) is 9.47 Å². The van der Waals surface area contributed by atoms with E-state index in [0.717, 1.165) is 43.9 Å². The number of hydrogen-bond acceptors (Lipinski definition) is 4. The maximum absolute atomic E-state index is 5.88. The lowest BCUT2D eigenvalue weighted by Gasteiger charge is -2.25. The highest BCUT2D eigenvalue weighted by Crippen LogP contribution is 2.32. The van der Waals surface area contributed by atoms with Crippen LogP contribution in [0.1, 0.15) is 30.1 Å². The lowest BCUT2D eigenvalue weighted by atomic mass is 10.0. The lowest BCUT2D eigenvalue weighted by molar-refractivity contribution is -0.165. The van der Waals surface area contributed by atoms with Crippen LogP contribution in [0.4, 0.5) is 0 Å². The third-order valence-electron chi connectivity index (χ3n) is 5.34. The molecule has 2 aliphatic heterocycles. The van der Waals surface area contributed by atoms with Crippen molar-refractivity contribution in [1.82, 2.24) is 14.8 Å². The van der Waals surface area contributed by atoms with Gasteiger partial charge in [0, 0.05) is 32.2 Å². The van der Waals surface area contributed by atoms with Crippen LogP contribution in [0.15, 0.2) is 42.5 Å². The fourth-order valence-corrected chi connectivity index (χ4v) is 3.97. The zero-order chi connectivity index (χ0) is 16.7. The van der Waals surface area contributed by atoms with E-state index in [9.17, 15) is 0 Å². The van der Waals surface area contributed by atoms with Gasteiger partial charge in [0.2, 0.25) is 0 Å². The van der Waals surface area contributed by atoms with E-state index in [0.29, 0.717) is 13.2 Å². The third kappa shape index (κ3) is 2.73. The summed E-state index contributed by atoms with van der Waals surface area (Å²) in [6.45, 7) is 2.25. The Morgan fingerprint density at radius 1 is 0.960 bits per heavy atom. The van der Waals surface area contributed by atoms with Gasteiger partial charge in [-0.3, -0.25) is 0 Å². The molecule has 1 saturated heterocycles. The lowest BCUT2D eigenvalue weighted by Crippen LogP contribution is -2.30. The number of aryl methyl sites for hydroxylation is 1. The van der Waals surface area contributed by atoms with Crippen LogP contribution in [0.2, 0.25) is 0 Å². The normalized spacial score (nSPS) is 19.2. The first-order valence-electron chi connectivity index (χ1n) is 8.98. The minimum Gasteiger partial charge on any atom is -0.347 e. The first-order valence-corrected chi connectivity index (χ1v) is 8.98. The van der Waals surface area contributed by atoms with E-state index in [1.54, 1.807) is 0 Å². The number of ether oxygens (including phenoxy) is 2. The molecule has 5 heteroatoms. The Morgan fingerprint density at radius 3 is 2.68 bits per heavy atom. The van der Waals surface area contributed by atoms with E-state index >= 15 is 0 Å². The second-order valence-corrected chi connectivity index (χ2v) is 6.90. The first kappa shape index (κ1) is 15.0. The van der Waals surface area contributed by atoms with Gasteiger partial charge in [-0.05, 0) is 16.3 Å². The Bertz CT molecular complexity index is 912. The van der Waals surface area contributed by atoms with E-state index in [-0.39, 0.29) is 0 Å². The van der Waals surface area contributed by atoms with Crippen molar-refractivity contribution in [2.24, 2.45) is 0 Å². The van der Waals surface area contributed by atoms with E-state index < -0.39 is 5.79 Å². The summed E-state index contributed by atoms with van der Waals surface area (Å²) in [7, 11) is 0. The molecule has 0 N–H and O–H groups in total. The van der Waals surface area contributed by atoms with Crippen LogP contribution in [0.25, 0.3) is 10.8 Å². The average Bonchev–Trinajstić information content (AvgIpc) is 3.21. The molecule has 0 saturated carbocycles. The van der Waals surface area contributed by atoms with Crippen molar-refractivity contribution < 1.29 is 9.47 Å². The SMILES string of the molecule is c1ccc2cc(Cc3nnc4n3CCC3(CC4)OCCO3)ccc2c1. The van der Waals surface area contributed by atoms with Crippen molar-refractivity contribution in [3.8, 4) is 0 Å². The molecule has 2 aromatic carbocycles. The van der Waals surface area contributed by atoms with Crippen LogP contribution < -0.4 is 0 Å². The van der Waals surface area contributed by atoms with Crippen molar-refractivity contribution in [2.75, 3.05) is 13.2 Å². The predicted octanol–water partition coefficient (Wildman–Crippen LogP) is 3.10. The molecule has 5 nitrogen and oxygen atoms in total. The van der Waals surface area contributed by atoms with Crippen molar-refractivity contribution in [3.05, 3.63) is 59.7 Å². The standard InChI is InChI=1S/C20H21N3O2/c1-2-4-17-13-15(5-6-16(17)3-1)14-19-22-21-18-7-8-20(9-10-23(18)19)24-11-12-25-20/h1-6,13H,7-12,14H2. The molecule has 0 bridgehead atoms. The molecule has 1 spiro atoms. The largest absolute Gasteiger partial charge is 0.347 e. The first-order chi connectivity index (χ1) is 12.3. The van der Waals surface area contributed by atoms with Gasteiger partial charge >= 0.3 is 0 Å². The second kappa shape index (κ2) is 5.93. The van der Waals surface area contributed by atoms with E-state index in [2.05, 4.69) is 57.2 Å². The zero-order valence-electron chi connectivity index (χ0n) is 14.1. The molecule has 1 fully saturated rings. The van der Waals surface area contributed by atoms with Crippen LogP contribution in [-0.2, 0) is 28.9 Å². The number of hydrogen-bond donors (Lipinski definition) is 0. The highest BCUT2D eigenvalue weighted by molar-refractivity contribution is 5.83. The predicted molar refractivity (Wildman–Crippen MR) is 94.3 cm³/mol. The summed E-state index contributed by atoms with van der Waals surface area (Å²) in [5, 5.41) is 11.4. The van der Waals surface area contributed by atoms with Crippen LogP contribution >= 0.6 is 0 Å². The van der Waals surface area contributed by atoms with Crippen LogP contribution in [0, 0.1) is 0 Å². The minimum atomic E-state index is -0.402. The summed E-state index contributed by atoms with van der Waals surface area (Å²) in [6.07, 6.45) is 3.38. The Balaban J connectivity index is 1.41. The summed E-state index contributed by atoms with van der Waals surface area (Å²) < 4.78 is 14.0. The molecule has 3 aromatic rings. The van der Waals surface area contributed by atoms with Gasteiger partial charge in [-0.15, -0.1) is 10.2 Å². The van der Waals surface area contributed by atoms with Gasteiger partial charge in [-0.1, -0.05) is 42.5 Å². The van der Waals surface area contributed by atoms with Crippen LogP contribution in [0.3, 0.4) is 0 Å². The van der Waals surface area contributed by atoms with Crippen LogP contribution in [-0.4, -0.2) is 33.8 Å². The van der Waals surface area contributed by atoms with Gasteiger partial charge in [0.15, 0.2) is 5.79 Å². The Kier molecular flexibility index (Phi) is 3.57. The highest BCUT2D eigenvalue weighted by atomic mass is 16.7. The summed E-state index contributed by atoms with van der Waals surface area (Å²) in [6, 6.07) is 15.1. The molecular weight excluding hydrogens is 314 g/mol. The van der Waals surface area contributed by atoms with Crippen LogP contribution in [0.5, 0.6) is 0 Å². The molecular formula is C20H21N3O2. The molecule has 1 aromatic heterocycles. The second-order valence-electron chi connectivity index (χ2n) is 6.90. The zero-order valence-corrected chi connectivity index (χ0v) is 14.1. The van der Waals surface area contributed by atoms with Gasteiger partial charge in [0.05, 0.1) is 13.2 Å². The van der Waals surface area contributed by atoms with Gasteiger partial charge in [-0.2, -0.15) is 0 Å². The average molecular weight is 335 g/mol. The number of rotatable bonds is 2. The monoisotopic (exact) mass is 335 g/mol. The summed E-state index contributed by atoms with van der Waals surface area (Å²) in [5.74, 6) is 1.67. The highest BCUT2D eigenvalue weighted by Gasteiger charge is 2.38. The fraction of sp³-hybridized carbons (Fsp3) is 0.400. The molecule has 128 valence electrons. The molecule has 0 aliphatic carbocycles. The molecule has 5 rings (SSSR count).